The molecule has 0 fully saturated rings. The number of aryl methyl sites for hydroxylation is 2. The maximum atomic E-state index is 11.9. The van der Waals surface area contributed by atoms with Gasteiger partial charge in [0, 0.05) is 18.0 Å². The molecule has 0 saturated carbocycles. The van der Waals surface area contributed by atoms with Gasteiger partial charge in [-0.1, -0.05) is 42.5 Å². The van der Waals surface area contributed by atoms with Gasteiger partial charge < -0.3 is 10.1 Å². The minimum absolute atomic E-state index is 0.0766. The number of aromatic nitrogens is 1. The Kier molecular flexibility index (Phi) is 7.38. The van der Waals surface area contributed by atoms with Crippen molar-refractivity contribution in [3.8, 4) is 5.75 Å². The number of rotatable bonds is 9. The molecule has 0 aliphatic rings. The van der Waals surface area contributed by atoms with Gasteiger partial charge in [-0.15, -0.1) is 11.3 Å². The van der Waals surface area contributed by atoms with Crippen molar-refractivity contribution >= 4 is 23.3 Å². The van der Waals surface area contributed by atoms with Gasteiger partial charge in [-0.2, -0.15) is 0 Å². The molecule has 1 N–H and O–H groups in total. The van der Waals surface area contributed by atoms with E-state index >= 15 is 0 Å². The minimum Gasteiger partial charge on any atom is -0.487 e. The molecule has 0 bridgehead atoms. The zero-order valence-corrected chi connectivity index (χ0v) is 16.7. The molecular weight excluding hydrogens is 368 g/mol. The normalized spacial score (nSPS) is 10.9. The zero-order chi connectivity index (χ0) is 19.6. The molecule has 1 heterocycles. The molecule has 0 radical (unpaired) electrons. The molecule has 1 aromatic heterocycles. The van der Waals surface area contributed by atoms with Crippen LogP contribution in [-0.2, 0) is 17.8 Å². The number of nitrogens with zero attached hydrogens (tertiary/aromatic N) is 1. The summed E-state index contributed by atoms with van der Waals surface area (Å²) in [5.41, 5.74) is 3.19. The first-order valence-electron chi connectivity index (χ1n) is 9.33. The maximum absolute atomic E-state index is 11.9. The highest BCUT2D eigenvalue weighted by molar-refractivity contribution is 7.09. The van der Waals surface area contributed by atoms with E-state index in [1.54, 1.807) is 23.5 Å². The van der Waals surface area contributed by atoms with Crippen LogP contribution in [0.1, 0.15) is 28.2 Å². The predicted octanol–water partition coefficient (Wildman–Crippen LogP) is 4.79. The number of amides is 1. The van der Waals surface area contributed by atoms with Crippen LogP contribution >= 0.6 is 11.3 Å². The molecule has 0 aliphatic carbocycles. The molecule has 5 heteroatoms. The van der Waals surface area contributed by atoms with Crippen LogP contribution in [0, 0.1) is 6.92 Å². The van der Waals surface area contributed by atoms with E-state index in [-0.39, 0.29) is 5.91 Å². The Hall–Kier alpha value is -2.92. The Morgan fingerprint density at radius 2 is 1.93 bits per heavy atom. The van der Waals surface area contributed by atoms with E-state index in [4.69, 9.17) is 4.74 Å². The topological polar surface area (TPSA) is 51.2 Å². The molecule has 0 aliphatic heterocycles. The minimum atomic E-state index is -0.0766. The Morgan fingerprint density at radius 3 is 2.64 bits per heavy atom. The fourth-order valence-electron chi connectivity index (χ4n) is 2.69. The fraction of sp³-hybridized carbons (Fsp3) is 0.217. The molecular formula is C23H24N2O2S. The summed E-state index contributed by atoms with van der Waals surface area (Å²) in [6.45, 7) is 3.11. The number of nitrogens with one attached hydrogen (secondary N) is 1. The molecule has 0 atom stereocenters. The summed E-state index contributed by atoms with van der Waals surface area (Å²) in [4.78, 5) is 16.3. The van der Waals surface area contributed by atoms with E-state index in [0.717, 1.165) is 34.9 Å². The van der Waals surface area contributed by atoms with E-state index in [2.05, 4.69) is 22.4 Å². The van der Waals surface area contributed by atoms with E-state index in [1.165, 1.54) is 5.56 Å². The summed E-state index contributed by atoms with van der Waals surface area (Å²) in [5, 5.41) is 5.96. The Labute approximate surface area is 169 Å². The van der Waals surface area contributed by atoms with Gasteiger partial charge in [0.2, 0.25) is 5.91 Å². The van der Waals surface area contributed by atoms with Gasteiger partial charge in [0.1, 0.15) is 12.4 Å². The van der Waals surface area contributed by atoms with Gasteiger partial charge in [-0.3, -0.25) is 4.79 Å². The third-order valence-electron chi connectivity index (χ3n) is 4.14. The van der Waals surface area contributed by atoms with Crippen LogP contribution < -0.4 is 10.1 Å². The van der Waals surface area contributed by atoms with Crippen LogP contribution in [0.3, 0.4) is 0 Å². The first-order chi connectivity index (χ1) is 13.7. The molecule has 28 heavy (non-hydrogen) atoms. The molecule has 3 aromatic rings. The van der Waals surface area contributed by atoms with E-state index in [0.29, 0.717) is 13.2 Å². The van der Waals surface area contributed by atoms with E-state index < -0.39 is 0 Å². The van der Waals surface area contributed by atoms with E-state index in [9.17, 15) is 4.79 Å². The smallest absolute Gasteiger partial charge is 0.243 e. The standard InChI is InChI=1S/C23H24N2O2S/c1-18-25-21(17-28-18)16-27-22-12-9-20(10-13-22)11-14-23(26)24-15-5-8-19-6-3-2-4-7-19/h2-4,6-7,9-14,17H,5,8,15-16H2,1H3,(H,24,26)/b14-11+. The lowest BCUT2D eigenvalue weighted by molar-refractivity contribution is -0.116. The third kappa shape index (κ3) is 6.67. The van der Waals surface area contributed by atoms with Crippen molar-refractivity contribution in [3.05, 3.63) is 87.9 Å². The van der Waals surface area contributed by atoms with Crippen molar-refractivity contribution in [2.24, 2.45) is 0 Å². The highest BCUT2D eigenvalue weighted by Crippen LogP contribution is 2.16. The van der Waals surface area contributed by atoms with E-state index in [1.807, 2.05) is 54.8 Å². The van der Waals surface area contributed by atoms with Crippen LogP contribution in [0.15, 0.2) is 66.1 Å². The lowest BCUT2D eigenvalue weighted by Gasteiger charge is -2.04. The summed E-state index contributed by atoms with van der Waals surface area (Å²) < 4.78 is 5.73. The molecule has 3 rings (SSSR count). The molecule has 1 amide bonds. The number of hydrogen-bond acceptors (Lipinski definition) is 4. The molecule has 0 saturated heterocycles. The van der Waals surface area contributed by atoms with Crippen molar-refractivity contribution in [1.29, 1.82) is 0 Å². The van der Waals surface area contributed by atoms with Gasteiger partial charge in [0.15, 0.2) is 0 Å². The number of carbonyl (C=O) groups excluding carboxylic acids is 1. The highest BCUT2D eigenvalue weighted by atomic mass is 32.1. The number of benzene rings is 2. The predicted molar refractivity (Wildman–Crippen MR) is 114 cm³/mol. The Balaban J connectivity index is 1.37. The average Bonchev–Trinajstić information content (AvgIpc) is 3.15. The van der Waals surface area contributed by atoms with Crippen molar-refractivity contribution in [1.82, 2.24) is 10.3 Å². The highest BCUT2D eigenvalue weighted by Gasteiger charge is 2.00. The van der Waals surface area contributed by atoms with Gasteiger partial charge in [0.05, 0.1) is 10.7 Å². The summed E-state index contributed by atoms with van der Waals surface area (Å²) in [6, 6.07) is 17.9. The summed E-state index contributed by atoms with van der Waals surface area (Å²) in [6.07, 6.45) is 5.26. The quantitative estimate of drug-likeness (QED) is 0.421. The van der Waals surface area contributed by atoms with Gasteiger partial charge >= 0.3 is 0 Å². The molecule has 4 nitrogen and oxygen atoms in total. The Morgan fingerprint density at radius 1 is 1.14 bits per heavy atom. The number of carbonyl (C=O) groups is 1. The lowest BCUT2D eigenvalue weighted by Crippen LogP contribution is -2.22. The first kappa shape index (κ1) is 19.8. The van der Waals surface area contributed by atoms with Gasteiger partial charge in [-0.05, 0) is 49.1 Å². The average molecular weight is 393 g/mol. The maximum Gasteiger partial charge on any atom is 0.243 e. The van der Waals surface area contributed by atoms with Crippen molar-refractivity contribution < 1.29 is 9.53 Å². The second-order valence-corrected chi connectivity index (χ2v) is 7.49. The molecule has 144 valence electrons. The van der Waals surface area contributed by atoms with Gasteiger partial charge in [-0.25, -0.2) is 4.98 Å². The fourth-order valence-corrected chi connectivity index (χ4v) is 3.28. The molecule has 2 aromatic carbocycles. The third-order valence-corrected chi connectivity index (χ3v) is 4.97. The number of thiazole rings is 1. The zero-order valence-electron chi connectivity index (χ0n) is 15.9. The van der Waals surface area contributed by atoms with Crippen molar-refractivity contribution in [2.45, 2.75) is 26.4 Å². The second-order valence-electron chi connectivity index (χ2n) is 6.43. The molecule has 0 unspecified atom stereocenters. The first-order valence-corrected chi connectivity index (χ1v) is 10.2. The van der Waals surface area contributed by atoms with Crippen molar-refractivity contribution in [3.63, 3.8) is 0 Å². The lowest BCUT2D eigenvalue weighted by atomic mass is 10.1. The second kappa shape index (κ2) is 10.4. The SMILES string of the molecule is Cc1nc(COc2ccc(/C=C/C(=O)NCCCc3ccccc3)cc2)cs1. The van der Waals surface area contributed by atoms with Crippen LogP contribution in [0.4, 0.5) is 0 Å². The summed E-state index contributed by atoms with van der Waals surface area (Å²) >= 11 is 1.62. The van der Waals surface area contributed by atoms with Crippen LogP contribution in [-0.4, -0.2) is 17.4 Å². The van der Waals surface area contributed by atoms with Crippen LogP contribution in [0.2, 0.25) is 0 Å². The van der Waals surface area contributed by atoms with Crippen LogP contribution in [0.25, 0.3) is 6.08 Å². The summed E-state index contributed by atoms with van der Waals surface area (Å²) in [5.74, 6) is 0.709. The Bertz CT molecular complexity index is 902. The van der Waals surface area contributed by atoms with Crippen LogP contribution in [0.5, 0.6) is 5.75 Å². The largest absolute Gasteiger partial charge is 0.487 e. The van der Waals surface area contributed by atoms with Gasteiger partial charge in [0.25, 0.3) is 0 Å². The number of ether oxygens (including phenoxy) is 1. The molecule has 0 spiro atoms. The number of hydrogen-bond donors (Lipinski definition) is 1. The summed E-state index contributed by atoms with van der Waals surface area (Å²) in [7, 11) is 0. The van der Waals surface area contributed by atoms with Crippen molar-refractivity contribution in [2.75, 3.05) is 6.54 Å². The monoisotopic (exact) mass is 392 g/mol.